The van der Waals surface area contributed by atoms with Crippen molar-refractivity contribution in [3.63, 3.8) is 0 Å². The van der Waals surface area contributed by atoms with Crippen molar-refractivity contribution in [2.24, 2.45) is 7.05 Å². The van der Waals surface area contributed by atoms with Crippen molar-refractivity contribution in [2.45, 2.75) is 13.0 Å². The summed E-state index contributed by atoms with van der Waals surface area (Å²) in [7, 11) is 1.40. The standard InChI is InChI=1S/C15H13Cl2N3O4/c1-8(14(22)18-11-4-3-9(16)7-10(11)17)24-15(23)12-5-6-13(21)20(2)19-12/h3-8H,1-2H3,(H,18,22). The molecule has 0 aliphatic rings. The van der Waals surface area contributed by atoms with Crippen LogP contribution in [0.4, 0.5) is 5.69 Å². The second-order valence-corrected chi connectivity index (χ2v) is 5.69. The van der Waals surface area contributed by atoms with Crippen LogP contribution in [0.15, 0.2) is 35.1 Å². The van der Waals surface area contributed by atoms with Crippen molar-refractivity contribution in [2.75, 3.05) is 5.32 Å². The van der Waals surface area contributed by atoms with Gasteiger partial charge in [-0.1, -0.05) is 23.2 Å². The Bertz CT molecular complexity index is 851. The summed E-state index contributed by atoms with van der Waals surface area (Å²) in [5, 5.41) is 6.97. The van der Waals surface area contributed by atoms with E-state index < -0.39 is 18.0 Å². The number of aryl methyl sites for hydroxylation is 1. The minimum Gasteiger partial charge on any atom is -0.448 e. The molecular formula is C15H13Cl2N3O4. The molecule has 1 N–H and O–H groups in total. The molecule has 1 unspecified atom stereocenters. The number of nitrogens with zero attached hydrogens (tertiary/aromatic N) is 2. The highest BCUT2D eigenvalue weighted by Crippen LogP contribution is 2.25. The molecule has 1 atom stereocenters. The van der Waals surface area contributed by atoms with Crippen LogP contribution in [0, 0.1) is 0 Å². The molecule has 0 aliphatic carbocycles. The Labute approximate surface area is 147 Å². The predicted octanol–water partition coefficient (Wildman–Crippen LogP) is 2.27. The molecule has 1 amide bonds. The number of esters is 1. The number of carbonyl (C=O) groups is 2. The quantitative estimate of drug-likeness (QED) is 0.834. The van der Waals surface area contributed by atoms with Gasteiger partial charge in [0.1, 0.15) is 0 Å². The van der Waals surface area contributed by atoms with Gasteiger partial charge in [0.2, 0.25) is 0 Å². The van der Waals surface area contributed by atoms with Crippen molar-refractivity contribution < 1.29 is 14.3 Å². The summed E-state index contributed by atoms with van der Waals surface area (Å²) < 4.78 is 6.03. The van der Waals surface area contributed by atoms with E-state index in [2.05, 4.69) is 10.4 Å². The smallest absolute Gasteiger partial charge is 0.359 e. The Hall–Kier alpha value is -2.38. The van der Waals surface area contributed by atoms with Gasteiger partial charge in [-0.15, -0.1) is 0 Å². The first-order valence-electron chi connectivity index (χ1n) is 6.79. The minimum atomic E-state index is -1.09. The van der Waals surface area contributed by atoms with Crippen molar-refractivity contribution >= 4 is 40.8 Å². The highest BCUT2D eigenvalue weighted by Gasteiger charge is 2.21. The molecule has 2 aromatic rings. The first-order valence-corrected chi connectivity index (χ1v) is 7.55. The van der Waals surface area contributed by atoms with Gasteiger partial charge in [0.05, 0.1) is 10.7 Å². The SMILES string of the molecule is CC(OC(=O)c1ccc(=O)n(C)n1)C(=O)Nc1ccc(Cl)cc1Cl. The van der Waals surface area contributed by atoms with Crippen molar-refractivity contribution in [1.29, 1.82) is 0 Å². The van der Waals surface area contributed by atoms with Crippen LogP contribution in [0.2, 0.25) is 10.0 Å². The lowest BCUT2D eigenvalue weighted by molar-refractivity contribution is -0.123. The van der Waals surface area contributed by atoms with E-state index in [9.17, 15) is 14.4 Å². The number of carbonyl (C=O) groups excluding carboxylic acids is 2. The zero-order valence-electron chi connectivity index (χ0n) is 12.7. The first kappa shape index (κ1) is 18.0. The van der Waals surface area contributed by atoms with Crippen molar-refractivity contribution in [3.05, 3.63) is 56.4 Å². The molecule has 0 aliphatic heterocycles. The molecule has 0 saturated heterocycles. The van der Waals surface area contributed by atoms with Crippen LogP contribution >= 0.6 is 23.2 Å². The van der Waals surface area contributed by atoms with Gasteiger partial charge in [0.25, 0.3) is 11.5 Å². The average molecular weight is 370 g/mol. The Morgan fingerprint density at radius 3 is 2.58 bits per heavy atom. The summed E-state index contributed by atoms with van der Waals surface area (Å²) in [6, 6.07) is 6.98. The molecule has 0 radical (unpaired) electrons. The van der Waals surface area contributed by atoms with Crippen LogP contribution in [0.25, 0.3) is 0 Å². The van der Waals surface area contributed by atoms with Gasteiger partial charge in [0, 0.05) is 18.1 Å². The average Bonchev–Trinajstić information content (AvgIpc) is 2.52. The maximum absolute atomic E-state index is 12.1. The predicted molar refractivity (Wildman–Crippen MR) is 89.4 cm³/mol. The maximum Gasteiger partial charge on any atom is 0.359 e. The van der Waals surface area contributed by atoms with E-state index in [1.165, 1.54) is 38.2 Å². The summed E-state index contributed by atoms with van der Waals surface area (Å²) in [5.74, 6) is -1.40. The van der Waals surface area contributed by atoms with Gasteiger partial charge in [-0.3, -0.25) is 9.59 Å². The molecule has 2 rings (SSSR count). The normalized spacial score (nSPS) is 11.7. The lowest BCUT2D eigenvalue weighted by Crippen LogP contribution is -2.31. The van der Waals surface area contributed by atoms with Gasteiger partial charge in [-0.25, -0.2) is 9.48 Å². The topological polar surface area (TPSA) is 90.3 Å². The van der Waals surface area contributed by atoms with Crippen LogP contribution in [0.5, 0.6) is 0 Å². The van der Waals surface area contributed by atoms with Gasteiger partial charge in [-0.05, 0) is 31.2 Å². The van der Waals surface area contributed by atoms with Crippen molar-refractivity contribution in [3.8, 4) is 0 Å². The number of rotatable bonds is 4. The molecule has 126 valence electrons. The van der Waals surface area contributed by atoms with E-state index in [-0.39, 0.29) is 16.3 Å². The molecule has 1 aromatic heterocycles. The first-order chi connectivity index (χ1) is 11.3. The fourth-order valence-corrected chi connectivity index (χ4v) is 2.17. The number of nitrogens with one attached hydrogen (secondary N) is 1. The third-order valence-electron chi connectivity index (χ3n) is 3.01. The largest absolute Gasteiger partial charge is 0.448 e. The molecular weight excluding hydrogens is 357 g/mol. The van der Waals surface area contributed by atoms with Gasteiger partial charge >= 0.3 is 5.97 Å². The number of amides is 1. The molecule has 1 heterocycles. The summed E-state index contributed by atoms with van der Waals surface area (Å²) in [5.41, 5.74) is -0.106. The molecule has 0 saturated carbocycles. The zero-order chi connectivity index (χ0) is 17.9. The summed E-state index contributed by atoms with van der Waals surface area (Å²) >= 11 is 11.7. The van der Waals surface area contributed by atoms with Gasteiger partial charge < -0.3 is 10.1 Å². The summed E-state index contributed by atoms with van der Waals surface area (Å²) in [4.78, 5) is 35.3. The number of ether oxygens (including phenoxy) is 1. The second kappa shape index (κ2) is 7.46. The number of anilines is 1. The van der Waals surface area contributed by atoms with Crippen LogP contribution in [0.1, 0.15) is 17.4 Å². The fraction of sp³-hybridized carbons (Fsp3) is 0.200. The maximum atomic E-state index is 12.1. The molecule has 24 heavy (non-hydrogen) atoms. The van der Waals surface area contributed by atoms with Gasteiger partial charge in [-0.2, -0.15) is 5.10 Å². The Morgan fingerprint density at radius 1 is 1.25 bits per heavy atom. The lowest BCUT2D eigenvalue weighted by Gasteiger charge is -2.14. The third kappa shape index (κ3) is 4.33. The molecule has 7 nitrogen and oxygen atoms in total. The highest BCUT2D eigenvalue weighted by atomic mass is 35.5. The molecule has 1 aromatic carbocycles. The van der Waals surface area contributed by atoms with E-state index in [0.29, 0.717) is 10.7 Å². The minimum absolute atomic E-state index is 0.0822. The molecule has 0 fully saturated rings. The number of aromatic nitrogens is 2. The zero-order valence-corrected chi connectivity index (χ0v) is 14.3. The Morgan fingerprint density at radius 2 is 1.96 bits per heavy atom. The van der Waals surface area contributed by atoms with E-state index in [1.807, 2.05) is 0 Å². The lowest BCUT2D eigenvalue weighted by atomic mass is 10.3. The van der Waals surface area contributed by atoms with E-state index in [1.54, 1.807) is 6.07 Å². The summed E-state index contributed by atoms with van der Waals surface area (Å²) in [6.45, 7) is 1.40. The van der Waals surface area contributed by atoms with Crippen LogP contribution < -0.4 is 10.9 Å². The monoisotopic (exact) mass is 369 g/mol. The third-order valence-corrected chi connectivity index (χ3v) is 3.56. The molecule has 0 spiro atoms. The van der Waals surface area contributed by atoms with Gasteiger partial charge in [0.15, 0.2) is 11.8 Å². The second-order valence-electron chi connectivity index (χ2n) is 4.84. The molecule has 0 bridgehead atoms. The van der Waals surface area contributed by atoms with Crippen LogP contribution in [0.3, 0.4) is 0 Å². The number of hydrogen-bond acceptors (Lipinski definition) is 5. The number of benzene rings is 1. The van der Waals surface area contributed by atoms with E-state index >= 15 is 0 Å². The highest BCUT2D eigenvalue weighted by molar-refractivity contribution is 6.36. The molecule has 9 heteroatoms. The number of hydrogen-bond donors (Lipinski definition) is 1. The number of halogens is 2. The van der Waals surface area contributed by atoms with Crippen LogP contribution in [-0.4, -0.2) is 27.8 Å². The van der Waals surface area contributed by atoms with E-state index in [4.69, 9.17) is 27.9 Å². The fourth-order valence-electron chi connectivity index (χ4n) is 1.71. The van der Waals surface area contributed by atoms with Crippen LogP contribution in [-0.2, 0) is 16.6 Å². The van der Waals surface area contributed by atoms with Crippen molar-refractivity contribution in [1.82, 2.24) is 9.78 Å². The summed E-state index contributed by atoms with van der Waals surface area (Å²) in [6.07, 6.45) is -1.09. The van der Waals surface area contributed by atoms with E-state index in [0.717, 1.165) is 4.68 Å². The Balaban J connectivity index is 2.04. The Kier molecular flexibility index (Phi) is 5.58.